The number of piperazine rings is 1. The van der Waals surface area contributed by atoms with Crippen molar-refractivity contribution in [2.45, 2.75) is 63.1 Å². The minimum absolute atomic E-state index is 0.0190. The van der Waals surface area contributed by atoms with Crippen molar-refractivity contribution in [2.24, 2.45) is 0 Å². The molecule has 3 aliphatic heterocycles. The Morgan fingerprint density at radius 3 is 2.61 bits per heavy atom. The summed E-state index contributed by atoms with van der Waals surface area (Å²) in [5.74, 6) is -2.22. The van der Waals surface area contributed by atoms with Crippen LogP contribution < -0.4 is 15.0 Å². The van der Waals surface area contributed by atoms with E-state index in [9.17, 15) is 17.6 Å². The molecule has 3 saturated heterocycles. The number of aromatic amines is 1. The predicted molar refractivity (Wildman–Crippen MR) is 152 cm³/mol. The van der Waals surface area contributed by atoms with Crippen LogP contribution in [0.1, 0.15) is 37.3 Å². The van der Waals surface area contributed by atoms with Gasteiger partial charge in [0.2, 0.25) is 0 Å². The maximum Gasteiger partial charge on any atom is 0.417 e. The molecule has 4 atom stereocenters. The van der Waals surface area contributed by atoms with Gasteiger partial charge in [-0.3, -0.25) is 10.00 Å². The number of anilines is 1. The summed E-state index contributed by atoms with van der Waals surface area (Å²) >= 11 is 0. The monoisotopic (exact) mass is 619 g/mol. The molecule has 0 amide bonds. The molecular formula is C30H31F6N7O. The van der Waals surface area contributed by atoms with Gasteiger partial charge in [0.1, 0.15) is 29.9 Å². The van der Waals surface area contributed by atoms with E-state index in [0.29, 0.717) is 13.1 Å². The third-order valence-corrected chi connectivity index (χ3v) is 9.24. The second-order valence-corrected chi connectivity index (χ2v) is 12.6. The Balaban J connectivity index is 1.43. The number of aryl methyl sites for hydroxylation is 1. The molecule has 5 heterocycles. The molecular weight excluding hydrogens is 588 g/mol. The third kappa shape index (κ3) is 4.82. The van der Waals surface area contributed by atoms with Crippen LogP contribution in [0.4, 0.5) is 32.2 Å². The van der Waals surface area contributed by atoms with E-state index < -0.39 is 40.7 Å². The zero-order valence-corrected chi connectivity index (χ0v) is 24.3. The summed E-state index contributed by atoms with van der Waals surface area (Å²) in [6, 6.07) is 1.89. The van der Waals surface area contributed by atoms with Gasteiger partial charge < -0.3 is 15.0 Å². The number of aromatic nitrogens is 4. The highest BCUT2D eigenvalue weighted by Gasteiger charge is 2.43. The topological polar surface area (TPSA) is 82.2 Å². The van der Waals surface area contributed by atoms with E-state index in [-0.39, 0.29) is 76.4 Å². The van der Waals surface area contributed by atoms with Crippen LogP contribution in [-0.4, -0.2) is 82.1 Å². The Kier molecular flexibility index (Phi) is 6.74. The SMILES string of the molecule is Cc1cc2[nH]ncc2c(-c2c(F)cc3c(N4C[C@H]5CC[C@](C)(C4)N5)nc(OC[C@@H]4C[C@@H](F)CN4C)nc3c2F)c1C(F)(F)F. The van der Waals surface area contributed by atoms with Gasteiger partial charge in [0, 0.05) is 53.6 Å². The molecule has 0 unspecified atom stereocenters. The van der Waals surface area contributed by atoms with Crippen LogP contribution in [0.2, 0.25) is 0 Å². The van der Waals surface area contributed by atoms with E-state index >= 15 is 8.78 Å². The number of likely N-dealkylation sites (tertiary alicyclic amines) is 1. The summed E-state index contributed by atoms with van der Waals surface area (Å²) < 4.78 is 96.0. The number of ether oxygens (including phenoxy) is 1. The average molecular weight is 620 g/mol. The Morgan fingerprint density at radius 1 is 1.11 bits per heavy atom. The van der Waals surface area contributed by atoms with Crippen LogP contribution in [0, 0.1) is 18.6 Å². The van der Waals surface area contributed by atoms with Crippen LogP contribution in [0.3, 0.4) is 0 Å². The second kappa shape index (κ2) is 10.2. The number of halogens is 6. The summed E-state index contributed by atoms with van der Waals surface area (Å²) in [7, 11) is 1.77. The van der Waals surface area contributed by atoms with Crippen LogP contribution in [0.5, 0.6) is 6.01 Å². The molecule has 0 saturated carbocycles. The van der Waals surface area contributed by atoms with Crippen molar-refractivity contribution in [1.82, 2.24) is 30.4 Å². The second-order valence-electron chi connectivity index (χ2n) is 12.6. The number of rotatable bonds is 5. The van der Waals surface area contributed by atoms with Gasteiger partial charge in [0.25, 0.3) is 0 Å². The van der Waals surface area contributed by atoms with Crippen LogP contribution >= 0.6 is 0 Å². The van der Waals surface area contributed by atoms with Gasteiger partial charge >= 0.3 is 12.2 Å². The highest BCUT2D eigenvalue weighted by molar-refractivity contribution is 6.01. The molecule has 44 heavy (non-hydrogen) atoms. The highest BCUT2D eigenvalue weighted by Crippen LogP contribution is 2.46. The maximum atomic E-state index is 16.7. The lowest BCUT2D eigenvalue weighted by Crippen LogP contribution is -2.58. The number of hydrogen-bond acceptors (Lipinski definition) is 7. The molecule has 234 valence electrons. The Hall–Kier alpha value is -3.65. The van der Waals surface area contributed by atoms with Crippen molar-refractivity contribution in [3.63, 3.8) is 0 Å². The van der Waals surface area contributed by atoms with E-state index in [1.807, 2.05) is 9.80 Å². The molecule has 3 fully saturated rings. The molecule has 0 spiro atoms. The largest absolute Gasteiger partial charge is 0.462 e. The average Bonchev–Trinajstić information content (AvgIpc) is 3.61. The number of benzene rings is 2. The number of H-pyrrole nitrogens is 1. The molecule has 2 N–H and O–H groups in total. The van der Waals surface area contributed by atoms with E-state index in [1.165, 1.54) is 13.0 Å². The molecule has 14 heteroatoms. The van der Waals surface area contributed by atoms with Crippen molar-refractivity contribution >= 4 is 27.6 Å². The van der Waals surface area contributed by atoms with Crippen molar-refractivity contribution in [3.05, 3.63) is 41.1 Å². The fourth-order valence-corrected chi connectivity index (χ4v) is 7.23. The molecule has 4 aromatic rings. The van der Waals surface area contributed by atoms with Gasteiger partial charge in [-0.25, -0.2) is 13.2 Å². The van der Waals surface area contributed by atoms with E-state index in [0.717, 1.165) is 25.1 Å². The van der Waals surface area contributed by atoms with Gasteiger partial charge in [-0.1, -0.05) is 0 Å². The van der Waals surface area contributed by atoms with Crippen LogP contribution in [-0.2, 0) is 6.18 Å². The molecule has 0 radical (unpaired) electrons. The summed E-state index contributed by atoms with van der Waals surface area (Å²) in [6.45, 7) is 4.56. The fraction of sp³-hybridized carbons (Fsp3) is 0.500. The minimum atomic E-state index is -4.92. The molecule has 8 nitrogen and oxygen atoms in total. The van der Waals surface area contributed by atoms with Crippen molar-refractivity contribution in [2.75, 3.05) is 38.2 Å². The lowest BCUT2D eigenvalue weighted by atomic mass is 9.90. The molecule has 2 bridgehead atoms. The zero-order chi connectivity index (χ0) is 31.1. The van der Waals surface area contributed by atoms with Gasteiger partial charge in [0.05, 0.1) is 22.8 Å². The first kappa shape index (κ1) is 29.1. The first-order valence-electron chi connectivity index (χ1n) is 14.5. The Morgan fingerprint density at radius 2 is 1.91 bits per heavy atom. The van der Waals surface area contributed by atoms with Gasteiger partial charge in [-0.15, -0.1) is 0 Å². The first-order valence-corrected chi connectivity index (χ1v) is 14.5. The maximum absolute atomic E-state index is 16.7. The summed E-state index contributed by atoms with van der Waals surface area (Å²) in [5, 5.41) is 9.95. The van der Waals surface area contributed by atoms with Crippen molar-refractivity contribution in [1.29, 1.82) is 0 Å². The quantitative estimate of drug-likeness (QED) is 0.285. The standard InChI is InChI=1S/C30H31F6N7O/c1-14-6-21-19(9-37-41-21)22(24(14)30(34,35)36)23-20(32)8-18-26(25(23)33)38-28(44-12-17-7-15(31)10-42(17)3)39-27(18)43-11-16-4-5-29(2,13-43)40-16/h6,8-9,15-17,40H,4-5,7,10-13H2,1-3H3,(H,37,41)/t15-,16-,17+,29-/m1/s1. The number of likely N-dealkylation sites (N-methyl/N-ethyl adjacent to an activating group) is 1. The lowest BCUT2D eigenvalue weighted by molar-refractivity contribution is -0.137. The summed E-state index contributed by atoms with van der Waals surface area (Å²) in [6.07, 6.45) is -2.75. The van der Waals surface area contributed by atoms with Gasteiger partial charge in [-0.05, 0) is 57.9 Å². The Labute approximate surface area is 248 Å². The van der Waals surface area contributed by atoms with E-state index in [2.05, 4.69) is 32.4 Å². The Bertz CT molecular complexity index is 1780. The van der Waals surface area contributed by atoms with Crippen LogP contribution in [0.25, 0.3) is 32.9 Å². The van der Waals surface area contributed by atoms with Crippen molar-refractivity contribution in [3.8, 4) is 17.1 Å². The fourth-order valence-electron chi connectivity index (χ4n) is 7.23. The molecule has 2 aromatic heterocycles. The molecule has 0 aliphatic carbocycles. The molecule has 3 aliphatic rings. The number of hydrogen-bond donors (Lipinski definition) is 2. The van der Waals surface area contributed by atoms with E-state index in [1.54, 1.807) is 7.05 Å². The zero-order valence-electron chi connectivity index (χ0n) is 24.3. The summed E-state index contributed by atoms with van der Waals surface area (Å²) in [5.41, 5.74) is -3.32. The van der Waals surface area contributed by atoms with E-state index in [4.69, 9.17) is 4.74 Å². The predicted octanol–water partition coefficient (Wildman–Crippen LogP) is 5.53. The number of fused-ring (bicyclic) bond motifs is 4. The van der Waals surface area contributed by atoms with Crippen LogP contribution in [0.15, 0.2) is 18.3 Å². The van der Waals surface area contributed by atoms with Gasteiger partial charge in [-0.2, -0.15) is 28.2 Å². The smallest absolute Gasteiger partial charge is 0.417 e. The normalized spacial score (nSPS) is 25.9. The van der Waals surface area contributed by atoms with Crippen molar-refractivity contribution < 1.29 is 31.1 Å². The summed E-state index contributed by atoms with van der Waals surface area (Å²) in [4.78, 5) is 12.6. The molecule has 7 rings (SSSR count). The molecule has 2 aromatic carbocycles. The van der Waals surface area contributed by atoms with Gasteiger partial charge in [0.15, 0.2) is 5.82 Å². The highest BCUT2D eigenvalue weighted by atomic mass is 19.4. The third-order valence-electron chi connectivity index (χ3n) is 9.24. The number of nitrogens with zero attached hydrogens (tertiary/aromatic N) is 5. The first-order chi connectivity index (χ1) is 20.8. The lowest BCUT2D eigenvalue weighted by Gasteiger charge is -2.40. The number of nitrogens with one attached hydrogen (secondary N) is 2. The number of alkyl halides is 4. The minimum Gasteiger partial charge on any atom is -0.462 e.